The zero-order valence-electron chi connectivity index (χ0n) is 17.0. The van der Waals surface area contributed by atoms with Crippen molar-refractivity contribution >= 4 is 11.9 Å². The maximum atomic E-state index is 12.8. The molecule has 7 nitrogen and oxygen atoms in total. The van der Waals surface area contributed by atoms with Crippen molar-refractivity contribution in [2.24, 2.45) is 0 Å². The number of hydrogen-bond donors (Lipinski definition) is 1. The van der Waals surface area contributed by atoms with Crippen molar-refractivity contribution in [1.82, 2.24) is 19.8 Å². The molecule has 1 unspecified atom stereocenters. The molecule has 1 aromatic heterocycles. The summed E-state index contributed by atoms with van der Waals surface area (Å²) in [6.07, 6.45) is 7.18. The van der Waals surface area contributed by atoms with Crippen molar-refractivity contribution in [3.63, 3.8) is 0 Å². The van der Waals surface area contributed by atoms with Crippen molar-refractivity contribution in [1.29, 1.82) is 0 Å². The third-order valence-electron chi connectivity index (χ3n) is 5.94. The second kappa shape index (κ2) is 8.78. The number of nitrogen functional groups attached to an aromatic ring is 1. The summed E-state index contributed by atoms with van der Waals surface area (Å²) in [6, 6.07) is 7.96. The molecule has 1 amide bonds. The van der Waals surface area contributed by atoms with Crippen LogP contribution in [0.2, 0.25) is 0 Å². The SMILES string of the molecule is COc1cccc(-c2cnc(N)nc2C2CCCCN2CC(=O)N2CCCC2)c1. The first-order chi connectivity index (χ1) is 14.2. The fourth-order valence-electron chi connectivity index (χ4n) is 4.41. The third-order valence-corrected chi connectivity index (χ3v) is 5.94. The van der Waals surface area contributed by atoms with Gasteiger partial charge in [-0.2, -0.15) is 0 Å². The number of ether oxygens (including phenoxy) is 1. The lowest BCUT2D eigenvalue weighted by molar-refractivity contribution is -0.132. The predicted octanol–water partition coefficient (Wildman–Crippen LogP) is 2.88. The molecule has 0 spiro atoms. The van der Waals surface area contributed by atoms with Crippen LogP contribution >= 0.6 is 0 Å². The zero-order chi connectivity index (χ0) is 20.2. The minimum atomic E-state index is 0.0572. The van der Waals surface area contributed by atoms with Gasteiger partial charge in [0.25, 0.3) is 0 Å². The molecule has 1 atom stereocenters. The molecule has 2 aliphatic heterocycles. The molecule has 29 heavy (non-hydrogen) atoms. The number of nitrogens with zero attached hydrogens (tertiary/aromatic N) is 4. The molecular formula is C22H29N5O2. The maximum absolute atomic E-state index is 12.8. The van der Waals surface area contributed by atoms with E-state index in [1.165, 1.54) is 0 Å². The predicted molar refractivity (Wildman–Crippen MR) is 112 cm³/mol. The number of carbonyl (C=O) groups excluding carboxylic acids is 1. The summed E-state index contributed by atoms with van der Waals surface area (Å²) in [4.78, 5) is 26.0. The van der Waals surface area contributed by atoms with Crippen LogP contribution in [0.5, 0.6) is 5.75 Å². The van der Waals surface area contributed by atoms with E-state index < -0.39 is 0 Å². The number of piperidine rings is 1. The summed E-state index contributed by atoms with van der Waals surface area (Å²) in [5.41, 5.74) is 8.82. The molecule has 2 fully saturated rings. The van der Waals surface area contributed by atoms with Crippen molar-refractivity contribution < 1.29 is 9.53 Å². The van der Waals surface area contributed by atoms with Crippen molar-refractivity contribution in [3.8, 4) is 16.9 Å². The zero-order valence-corrected chi connectivity index (χ0v) is 17.0. The molecular weight excluding hydrogens is 366 g/mol. The first-order valence-corrected chi connectivity index (χ1v) is 10.4. The fraction of sp³-hybridized carbons (Fsp3) is 0.500. The van der Waals surface area contributed by atoms with Crippen molar-refractivity contribution in [2.75, 3.05) is 39.0 Å². The Morgan fingerprint density at radius 2 is 2.00 bits per heavy atom. The number of carbonyl (C=O) groups is 1. The molecule has 0 saturated carbocycles. The van der Waals surface area contributed by atoms with E-state index in [0.717, 1.165) is 74.3 Å². The molecule has 2 aliphatic rings. The maximum Gasteiger partial charge on any atom is 0.236 e. The lowest BCUT2D eigenvalue weighted by Crippen LogP contribution is -2.43. The Labute approximate surface area is 171 Å². The minimum absolute atomic E-state index is 0.0572. The Morgan fingerprint density at radius 3 is 2.79 bits per heavy atom. The standard InChI is InChI=1S/C22H29N5O2/c1-29-17-8-6-7-16(13-17)18-14-24-22(23)25-21(18)19-9-2-3-12-27(19)15-20(28)26-10-4-5-11-26/h6-8,13-14,19H,2-5,9-12,15H2,1H3,(H2,23,24,25). The molecule has 2 saturated heterocycles. The summed E-state index contributed by atoms with van der Waals surface area (Å²) in [5.74, 6) is 1.28. The van der Waals surface area contributed by atoms with Crippen molar-refractivity contribution in [3.05, 3.63) is 36.2 Å². The lowest BCUT2D eigenvalue weighted by Gasteiger charge is -2.36. The second-order valence-electron chi connectivity index (χ2n) is 7.83. The van der Waals surface area contributed by atoms with E-state index in [9.17, 15) is 4.79 Å². The van der Waals surface area contributed by atoms with Gasteiger partial charge in [-0.1, -0.05) is 18.6 Å². The number of rotatable bonds is 5. The molecule has 2 N–H and O–H groups in total. The summed E-state index contributed by atoms with van der Waals surface area (Å²) in [6.45, 7) is 3.09. The number of nitrogens with two attached hydrogens (primary N) is 1. The Hall–Kier alpha value is -2.67. The summed E-state index contributed by atoms with van der Waals surface area (Å²) in [7, 11) is 1.66. The van der Waals surface area contributed by atoms with Crippen LogP contribution in [0, 0.1) is 0 Å². The van der Waals surface area contributed by atoms with Gasteiger partial charge in [-0.15, -0.1) is 0 Å². The Bertz CT molecular complexity index is 866. The monoisotopic (exact) mass is 395 g/mol. The van der Waals surface area contributed by atoms with Gasteiger partial charge in [0.1, 0.15) is 5.75 Å². The molecule has 2 aromatic rings. The van der Waals surface area contributed by atoms with Crippen LogP contribution in [0.1, 0.15) is 43.8 Å². The van der Waals surface area contributed by atoms with E-state index in [2.05, 4.69) is 14.9 Å². The Morgan fingerprint density at radius 1 is 1.21 bits per heavy atom. The average Bonchev–Trinajstić information content (AvgIpc) is 3.29. The van der Waals surface area contributed by atoms with Crippen molar-refractivity contribution in [2.45, 2.75) is 38.1 Å². The highest BCUT2D eigenvalue weighted by molar-refractivity contribution is 5.78. The molecule has 0 bridgehead atoms. The van der Waals surface area contributed by atoms with E-state index in [0.29, 0.717) is 6.54 Å². The number of benzene rings is 1. The van der Waals surface area contributed by atoms with Crippen LogP contribution in [0.25, 0.3) is 11.1 Å². The van der Waals surface area contributed by atoms with Gasteiger partial charge in [0.2, 0.25) is 11.9 Å². The fourth-order valence-corrected chi connectivity index (χ4v) is 4.41. The number of anilines is 1. The summed E-state index contributed by atoms with van der Waals surface area (Å²) < 4.78 is 5.39. The van der Waals surface area contributed by atoms with E-state index in [1.807, 2.05) is 29.2 Å². The first-order valence-electron chi connectivity index (χ1n) is 10.4. The highest BCUT2D eigenvalue weighted by Crippen LogP contribution is 2.36. The van der Waals surface area contributed by atoms with E-state index in [-0.39, 0.29) is 17.9 Å². The van der Waals surface area contributed by atoms with Gasteiger partial charge < -0.3 is 15.4 Å². The van der Waals surface area contributed by atoms with Crippen LogP contribution in [0.3, 0.4) is 0 Å². The first kappa shape index (κ1) is 19.6. The topological polar surface area (TPSA) is 84.6 Å². The molecule has 1 aromatic carbocycles. The average molecular weight is 396 g/mol. The second-order valence-corrected chi connectivity index (χ2v) is 7.83. The van der Waals surface area contributed by atoms with Crippen LogP contribution in [0.15, 0.2) is 30.5 Å². The summed E-state index contributed by atoms with van der Waals surface area (Å²) >= 11 is 0. The summed E-state index contributed by atoms with van der Waals surface area (Å²) in [5, 5.41) is 0. The normalized spacial score (nSPS) is 20.0. The minimum Gasteiger partial charge on any atom is -0.497 e. The highest BCUT2D eigenvalue weighted by atomic mass is 16.5. The van der Waals surface area contributed by atoms with Crippen LogP contribution in [-0.4, -0.2) is 59.0 Å². The van der Waals surface area contributed by atoms with Gasteiger partial charge in [-0.25, -0.2) is 9.97 Å². The third kappa shape index (κ3) is 4.34. The van der Waals surface area contributed by atoms with Gasteiger partial charge in [0.15, 0.2) is 0 Å². The number of likely N-dealkylation sites (tertiary alicyclic amines) is 2. The molecule has 0 radical (unpaired) electrons. The van der Waals surface area contributed by atoms with E-state index in [4.69, 9.17) is 10.5 Å². The molecule has 3 heterocycles. The van der Waals surface area contributed by atoms with Gasteiger partial charge in [-0.3, -0.25) is 9.69 Å². The lowest BCUT2D eigenvalue weighted by atomic mass is 9.93. The van der Waals surface area contributed by atoms with Crippen LogP contribution in [0.4, 0.5) is 5.95 Å². The Kier molecular flexibility index (Phi) is 5.94. The van der Waals surface area contributed by atoms with Gasteiger partial charge in [0.05, 0.1) is 25.4 Å². The molecule has 154 valence electrons. The Balaban J connectivity index is 1.65. The van der Waals surface area contributed by atoms with Gasteiger partial charge in [-0.05, 0) is 49.9 Å². The van der Waals surface area contributed by atoms with E-state index in [1.54, 1.807) is 13.3 Å². The highest BCUT2D eigenvalue weighted by Gasteiger charge is 2.31. The molecule has 7 heteroatoms. The smallest absolute Gasteiger partial charge is 0.236 e. The van der Waals surface area contributed by atoms with Gasteiger partial charge in [0, 0.05) is 24.8 Å². The number of amides is 1. The molecule has 4 rings (SSSR count). The van der Waals surface area contributed by atoms with Gasteiger partial charge >= 0.3 is 0 Å². The number of methoxy groups -OCH3 is 1. The molecule has 0 aliphatic carbocycles. The quantitative estimate of drug-likeness (QED) is 0.838. The van der Waals surface area contributed by atoms with Crippen LogP contribution < -0.4 is 10.5 Å². The van der Waals surface area contributed by atoms with E-state index >= 15 is 0 Å². The number of aromatic nitrogens is 2. The van der Waals surface area contributed by atoms with Crippen LogP contribution in [-0.2, 0) is 4.79 Å². The largest absolute Gasteiger partial charge is 0.497 e. The number of hydrogen-bond acceptors (Lipinski definition) is 6.